The monoisotopic (exact) mass is 253 g/mol. The number of hydrogen-bond donors (Lipinski definition) is 2. The van der Waals surface area contributed by atoms with Crippen LogP contribution in [0.4, 0.5) is 0 Å². The zero-order valence-electron chi connectivity index (χ0n) is 10.7. The van der Waals surface area contributed by atoms with Gasteiger partial charge >= 0.3 is 0 Å². The summed E-state index contributed by atoms with van der Waals surface area (Å²) in [4.78, 5) is 0. The van der Waals surface area contributed by atoms with Gasteiger partial charge in [0.25, 0.3) is 0 Å². The first-order valence-electron chi connectivity index (χ1n) is 6.21. The SMILES string of the molecule is CCCc1ccc(O)c(-c2cc(C#N)ccc2O)c1. The smallest absolute Gasteiger partial charge is 0.123 e. The predicted octanol–water partition coefficient (Wildman–Crippen LogP) is 3.59. The summed E-state index contributed by atoms with van der Waals surface area (Å²) < 4.78 is 0. The molecule has 96 valence electrons. The number of phenolic OH excluding ortho intramolecular Hbond substituents is 2. The van der Waals surface area contributed by atoms with Gasteiger partial charge in [-0.2, -0.15) is 5.26 Å². The third kappa shape index (κ3) is 2.69. The molecule has 0 heterocycles. The van der Waals surface area contributed by atoms with Gasteiger partial charge in [0.1, 0.15) is 11.5 Å². The summed E-state index contributed by atoms with van der Waals surface area (Å²) in [5.41, 5.74) is 2.58. The van der Waals surface area contributed by atoms with Crippen LogP contribution in [0.3, 0.4) is 0 Å². The third-order valence-corrected chi connectivity index (χ3v) is 3.02. The molecule has 3 heteroatoms. The van der Waals surface area contributed by atoms with E-state index in [9.17, 15) is 10.2 Å². The second-order valence-electron chi connectivity index (χ2n) is 4.45. The molecule has 0 aliphatic rings. The maximum atomic E-state index is 9.95. The van der Waals surface area contributed by atoms with Crippen LogP contribution in [0.25, 0.3) is 11.1 Å². The van der Waals surface area contributed by atoms with Crippen molar-refractivity contribution >= 4 is 0 Å². The van der Waals surface area contributed by atoms with Gasteiger partial charge in [0, 0.05) is 11.1 Å². The van der Waals surface area contributed by atoms with Crippen molar-refractivity contribution in [3.05, 3.63) is 47.5 Å². The maximum Gasteiger partial charge on any atom is 0.123 e. The van der Waals surface area contributed by atoms with E-state index < -0.39 is 0 Å². The lowest BCUT2D eigenvalue weighted by Crippen LogP contribution is -1.87. The highest BCUT2D eigenvalue weighted by atomic mass is 16.3. The van der Waals surface area contributed by atoms with E-state index in [0.717, 1.165) is 18.4 Å². The van der Waals surface area contributed by atoms with Gasteiger partial charge in [-0.25, -0.2) is 0 Å². The van der Waals surface area contributed by atoms with E-state index in [1.165, 1.54) is 6.07 Å². The Bertz CT molecular complexity index is 642. The first-order valence-corrected chi connectivity index (χ1v) is 6.21. The van der Waals surface area contributed by atoms with Crippen molar-refractivity contribution in [1.29, 1.82) is 5.26 Å². The summed E-state index contributed by atoms with van der Waals surface area (Å²) in [6, 6.07) is 12.0. The molecule has 2 aromatic carbocycles. The van der Waals surface area contributed by atoms with Crippen LogP contribution in [0.2, 0.25) is 0 Å². The minimum Gasteiger partial charge on any atom is -0.507 e. The van der Waals surface area contributed by atoms with Gasteiger partial charge in [0.2, 0.25) is 0 Å². The zero-order valence-corrected chi connectivity index (χ0v) is 10.7. The molecule has 0 fully saturated rings. The fourth-order valence-electron chi connectivity index (χ4n) is 2.06. The lowest BCUT2D eigenvalue weighted by molar-refractivity contribution is 0.469. The molecule has 19 heavy (non-hydrogen) atoms. The molecular weight excluding hydrogens is 238 g/mol. The molecule has 0 aliphatic heterocycles. The predicted molar refractivity (Wildman–Crippen MR) is 73.9 cm³/mol. The van der Waals surface area contributed by atoms with Gasteiger partial charge in [-0.1, -0.05) is 19.4 Å². The first-order chi connectivity index (χ1) is 9.15. The van der Waals surface area contributed by atoms with Gasteiger partial charge in [-0.15, -0.1) is 0 Å². The van der Waals surface area contributed by atoms with Crippen molar-refractivity contribution in [2.75, 3.05) is 0 Å². The van der Waals surface area contributed by atoms with Crippen LogP contribution in [0, 0.1) is 11.3 Å². The highest BCUT2D eigenvalue weighted by Crippen LogP contribution is 2.36. The van der Waals surface area contributed by atoms with E-state index >= 15 is 0 Å². The number of phenols is 2. The van der Waals surface area contributed by atoms with Crippen molar-refractivity contribution in [3.8, 4) is 28.7 Å². The van der Waals surface area contributed by atoms with Crippen LogP contribution >= 0.6 is 0 Å². The minimum absolute atomic E-state index is 0.0583. The summed E-state index contributed by atoms with van der Waals surface area (Å²) in [5.74, 6) is 0.160. The molecular formula is C16H15NO2. The fourth-order valence-corrected chi connectivity index (χ4v) is 2.06. The standard InChI is InChI=1S/C16H15NO2/c1-2-3-11-4-6-15(18)13(8-11)14-9-12(10-17)5-7-16(14)19/h4-9,18-19H,2-3H2,1H3. The molecule has 0 bridgehead atoms. The lowest BCUT2D eigenvalue weighted by Gasteiger charge is -2.09. The van der Waals surface area contributed by atoms with Gasteiger partial charge < -0.3 is 10.2 Å². The minimum atomic E-state index is 0.0583. The van der Waals surface area contributed by atoms with Gasteiger partial charge in [0.05, 0.1) is 11.6 Å². The molecule has 2 rings (SSSR count). The van der Waals surface area contributed by atoms with E-state index in [1.54, 1.807) is 18.2 Å². The van der Waals surface area contributed by atoms with Crippen molar-refractivity contribution in [1.82, 2.24) is 0 Å². The normalized spacial score (nSPS) is 10.1. The van der Waals surface area contributed by atoms with Crippen LogP contribution in [-0.2, 0) is 6.42 Å². The van der Waals surface area contributed by atoms with E-state index in [2.05, 4.69) is 6.92 Å². The van der Waals surface area contributed by atoms with E-state index in [-0.39, 0.29) is 11.5 Å². The summed E-state index contributed by atoms with van der Waals surface area (Å²) >= 11 is 0. The summed E-state index contributed by atoms with van der Waals surface area (Å²) in [6.45, 7) is 2.08. The molecule has 3 nitrogen and oxygen atoms in total. The van der Waals surface area contributed by atoms with Crippen molar-refractivity contribution < 1.29 is 10.2 Å². The topological polar surface area (TPSA) is 64.2 Å². The van der Waals surface area contributed by atoms with E-state index in [4.69, 9.17) is 5.26 Å². The second-order valence-corrected chi connectivity index (χ2v) is 4.45. The average molecular weight is 253 g/mol. The molecule has 0 aliphatic carbocycles. The van der Waals surface area contributed by atoms with Crippen LogP contribution in [0.5, 0.6) is 11.5 Å². The summed E-state index contributed by atoms with van der Waals surface area (Å²) in [6.07, 6.45) is 1.92. The van der Waals surface area contributed by atoms with Gasteiger partial charge in [-0.3, -0.25) is 0 Å². The first kappa shape index (κ1) is 13.0. The van der Waals surface area contributed by atoms with Crippen LogP contribution in [0.1, 0.15) is 24.5 Å². The second kappa shape index (κ2) is 5.45. The maximum absolute atomic E-state index is 9.95. The number of rotatable bonds is 3. The molecule has 2 aromatic rings. The molecule has 0 saturated heterocycles. The summed E-state index contributed by atoms with van der Waals surface area (Å²) in [7, 11) is 0. The molecule has 2 N–H and O–H groups in total. The zero-order chi connectivity index (χ0) is 13.8. The Balaban J connectivity index is 2.57. The Morgan fingerprint density at radius 1 is 1.00 bits per heavy atom. The van der Waals surface area contributed by atoms with Crippen molar-refractivity contribution in [2.45, 2.75) is 19.8 Å². The van der Waals surface area contributed by atoms with Crippen molar-refractivity contribution in [2.24, 2.45) is 0 Å². The molecule has 0 saturated carbocycles. The largest absolute Gasteiger partial charge is 0.507 e. The number of nitrogens with zero attached hydrogens (tertiary/aromatic N) is 1. The van der Waals surface area contributed by atoms with Crippen LogP contribution < -0.4 is 0 Å². The fraction of sp³-hybridized carbons (Fsp3) is 0.188. The Labute approximate surface area is 112 Å². The number of aryl methyl sites for hydroxylation is 1. The van der Waals surface area contributed by atoms with Gasteiger partial charge in [0.15, 0.2) is 0 Å². The molecule has 0 atom stereocenters. The molecule has 0 unspecified atom stereocenters. The van der Waals surface area contributed by atoms with E-state index in [1.807, 2.05) is 18.2 Å². The third-order valence-electron chi connectivity index (χ3n) is 3.02. The molecule has 0 amide bonds. The Morgan fingerprint density at radius 3 is 2.26 bits per heavy atom. The van der Waals surface area contributed by atoms with Gasteiger partial charge in [-0.05, 0) is 42.3 Å². The molecule has 0 radical (unpaired) electrons. The van der Waals surface area contributed by atoms with Crippen LogP contribution in [-0.4, -0.2) is 10.2 Å². The highest BCUT2D eigenvalue weighted by molar-refractivity contribution is 5.76. The number of hydrogen-bond acceptors (Lipinski definition) is 3. The Morgan fingerprint density at radius 2 is 1.63 bits per heavy atom. The highest BCUT2D eigenvalue weighted by Gasteiger charge is 2.11. The quantitative estimate of drug-likeness (QED) is 0.878. The lowest BCUT2D eigenvalue weighted by atomic mass is 9.98. The number of benzene rings is 2. The van der Waals surface area contributed by atoms with E-state index in [0.29, 0.717) is 16.7 Å². The summed E-state index contributed by atoms with van der Waals surface area (Å²) in [5, 5.41) is 28.8. The van der Waals surface area contributed by atoms with Crippen molar-refractivity contribution in [3.63, 3.8) is 0 Å². The van der Waals surface area contributed by atoms with Crippen LogP contribution in [0.15, 0.2) is 36.4 Å². The Hall–Kier alpha value is -2.47. The number of nitriles is 1. The molecule has 0 spiro atoms. The Kier molecular flexibility index (Phi) is 3.72. The average Bonchev–Trinajstić information content (AvgIpc) is 2.42. The molecule has 0 aromatic heterocycles. The number of aromatic hydroxyl groups is 2.